The number of benzene rings is 1. The van der Waals surface area contributed by atoms with E-state index in [1.54, 1.807) is 113 Å². The summed E-state index contributed by atoms with van der Waals surface area (Å²) in [6.45, 7) is 6.36. The molecule has 0 fully saturated rings. The van der Waals surface area contributed by atoms with Crippen molar-refractivity contribution in [1.29, 1.82) is 0 Å². The number of H-pyrrole nitrogens is 1. The molecule has 1 aromatic carbocycles. The standard InChI is InChI=1S/C16H18N4.S47/c1-16(2,3)14-8-11(17)10(9-18-14)15-19-12-6-4-5-7-13(12)20-15;1-3-5-7-9-11-13-15-17-19-21-23-25-27-29-31-33-35-37-39-41-43-45-47-46-44-42-40-38-36-34-32-30-28-26-24-22-20-18-16-14-12-10-8-6-4-2/h4-9H,1-3H3,(H2,17,18)(H,19,20);. The second-order valence-corrected chi connectivity index (χ2v) is 88.7. The Bertz CT molecular complexity index is 4200. The minimum absolute atomic E-state index is 0.0134. The van der Waals surface area contributed by atoms with Crippen LogP contribution >= 0.6 is 0 Å². The fraction of sp³-hybridized carbons (Fsp3) is 0.250. The number of aromatic nitrogens is 3. The van der Waals surface area contributed by atoms with E-state index in [0.717, 1.165) is 28.1 Å². The first-order chi connectivity index (χ1) is 32.9. The molecule has 2 heterocycles. The SMILES string of the molecule is CC(C)(C)c1cc(N)c(-c2nc3ccccc3[nH]2)cn1.S=S=S=S=S=S=S=S=S=S=S=S=S=S=S=S=S=S=S=S=S=S=S=S=S=S=S=S=S=S=S=S=S=S=S=S=S=S=S=S=S=S=S=S=S=S=S. The summed E-state index contributed by atoms with van der Waals surface area (Å²) in [5.74, 6) is 0.761. The van der Waals surface area contributed by atoms with Crippen LogP contribution in [-0.2, 0) is 427 Å². The summed E-state index contributed by atoms with van der Waals surface area (Å²) in [7, 11) is 80.2. The van der Waals surface area contributed by atoms with Gasteiger partial charge in [0.1, 0.15) is 5.82 Å². The Kier molecular flexibility index (Phi) is 56.5. The van der Waals surface area contributed by atoms with Gasteiger partial charge in [0.05, 0.1) is 16.6 Å². The van der Waals surface area contributed by atoms with Crippen LogP contribution in [0.5, 0.6) is 0 Å². The maximum Gasteiger partial charge on any atom is 0.142 e. The lowest BCUT2D eigenvalue weighted by molar-refractivity contribution is 0.569. The van der Waals surface area contributed by atoms with Crippen molar-refractivity contribution >= 4 is 439 Å². The number of nitrogens with two attached hydrogens (primary N) is 1. The molecule has 0 radical (unpaired) electrons. The van der Waals surface area contributed by atoms with Crippen molar-refractivity contribution in [1.82, 2.24) is 15.0 Å². The third-order valence-corrected chi connectivity index (χ3v) is 102. The van der Waals surface area contributed by atoms with Gasteiger partial charge in [-0.2, -0.15) is 0 Å². The molecule has 0 atom stereocenters. The third-order valence-electron chi connectivity index (χ3n) is 4.57. The largest absolute Gasteiger partial charge is 0.398 e. The molecule has 3 aromatic rings. The molecular formula is C16H18N4S47. The number of fused-ring (bicyclic) bond motifs is 1. The maximum atomic E-state index is 6.17. The average Bonchev–Trinajstić information content (AvgIpc) is 3.76. The van der Waals surface area contributed by atoms with Crippen LogP contribution in [0.1, 0.15) is 26.5 Å². The molecule has 0 aliphatic heterocycles. The van der Waals surface area contributed by atoms with Crippen molar-refractivity contribution in [3.63, 3.8) is 0 Å². The molecule has 384 valence electrons. The number of rotatable bonds is 1. The van der Waals surface area contributed by atoms with Crippen molar-refractivity contribution in [3.8, 4) is 11.4 Å². The van der Waals surface area contributed by atoms with Gasteiger partial charge in [-0.1, -0.05) is 32.9 Å². The number of nitrogens with zero attached hydrogens (tertiary/aromatic N) is 2. The normalized spacial score (nSPS) is 9.00. The zero-order valence-electron chi connectivity index (χ0n) is 31.1. The van der Waals surface area contributed by atoms with E-state index >= 15 is 0 Å². The van der Waals surface area contributed by atoms with Gasteiger partial charge in [-0.25, -0.2) is 4.98 Å². The van der Waals surface area contributed by atoms with Crippen LogP contribution in [0.15, 0.2) is 36.5 Å². The fourth-order valence-electron chi connectivity index (χ4n) is 2.65. The minimum atomic E-state index is -0.0134. The lowest BCUT2D eigenvalue weighted by Gasteiger charge is -2.18. The van der Waals surface area contributed by atoms with Crippen LogP contribution in [0.3, 0.4) is 0 Å². The number of hydrogen-bond acceptors (Lipinski definition) is 5. The smallest absolute Gasteiger partial charge is 0.142 e. The van der Waals surface area contributed by atoms with Crippen LogP contribution < -0.4 is 5.73 Å². The first-order valence-electron chi connectivity index (χ1n) is 14.3. The first kappa shape index (κ1) is 71.1. The Morgan fingerprint density at radius 3 is 0.925 bits per heavy atom. The Labute approximate surface area is 525 Å². The number of anilines is 1. The second kappa shape index (κ2) is 53.3. The third kappa shape index (κ3) is 43.4. The van der Waals surface area contributed by atoms with Gasteiger partial charge in [-0.3, -0.25) is 4.98 Å². The molecule has 0 saturated carbocycles. The highest BCUT2D eigenvalue weighted by atomic mass is 33.5. The number of para-hydroxylation sites is 2. The van der Waals surface area contributed by atoms with Crippen molar-refractivity contribution in [3.05, 3.63) is 42.2 Å². The van der Waals surface area contributed by atoms with Crippen LogP contribution in [0.25, 0.3) is 22.4 Å². The number of pyridine rings is 1. The Balaban J connectivity index is 0.000000627. The summed E-state index contributed by atoms with van der Waals surface area (Å²) in [6.07, 6.45) is 1.80. The lowest BCUT2D eigenvalue weighted by Crippen LogP contribution is -2.14. The fourth-order valence-corrected chi connectivity index (χ4v) is 121. The van der Waals surface area contributed by atoms with Crippen LogP contribution in [0, 0.1) is 0 Å². The summed E-state index contributed by atoms with van der Waals surface area (Å²) in [6, 6.07) is 9.86. The first-order valence-corrected chi connectivity index (χ1v) is 75.7. The highest BCUT2D eigenvalue weighted by Crippen LogP contribution is 2.29. The van der Waals surface area contributed by atoms with Crippen molar-refractivity contribution < 1.29 is 0 Å². The van der Waals surface area contributed by atoms with E-state index < -0.39 is 0 Å². The molecule has 3 N–H and O–H groups in total. The molecule has 0 bridgehead atoms. The number of hydrogen-bond donors (Lipinski definition) is 2. The van der Waals surface area contributed by atoms with Gasteiger partial charge in [-0.15, -0.1) is 0 Å². The Morgan fingerprint density at radius 1 is 0.418 bits per heavy atom. The monoisotopic (exact) mass is 1770 g/mol. The van der Waals surface area contributed by atoms with Gasteiger partial charge in [0.2, 0.25) is 0 Å². The number of imidazole rings is 1. The topological polar surface area (TPSA) is 67.6 Å². The predicted octanol–water partition coefficient (Wildman–Crippen LogP) is 3.39. The summed E-state index contributed by atoms with van der Waals surface area (Å²) in [5.41, 5.74) is 10.6. The molecule has 0 unspecified atom stereocenters. The Hall–Kier alpha value is 7.98. The molecule has 0 amide bonds. The molecule has 2 aromatic heterocycles. The van der Waals surface area contributed by atoms with Gasteiger partial charge in [0.25, 0.3) is 0 Å². The van der Waals surface area contributed by atoms with E-state index in [9.17, 15) is 0 Å². The summed E-state index contributed by atoms with van der Waals surface area (Å²) in [4.78, 5) is 12.4. The van der Waals surface area contributed by atoms with Gasteiger partial charge < -0.3 is 10.7 Å². The number of aromatic amines is 1. The molecule has 4 nitrogen and oxygen atoms in total. The minimum Gasteiger partial charge on any atom is -0.398 e. The van der Waals surface area contributed by atoms with Gasteiger partial charge in [0.15, 0.2) is 0 Å². The molecule has 0 saturated heterocycles. The van der Waals surface area contributed by atoms with Gasteiger partial charge in [-0.05, 0) is 18.2 Å². The highest BCUT2D eigenvalue weighted by molar-refractivity contribution is 8.82. The van der Waals surface area contributed by atoms with Crippen molar-refractivity contribution in [2.45, 2.75) is 26.2 Å². The molecule has 0 spiro atoms. The molecule has 3 rings (SSSR count). The zero-order chi connectivity index (χ0) is 48.1. The molecule has 0 aliphatic carbocycles. The second-order valence-electron chi connectivity index (χ2n) is 9.07. The van der Waals surface area contributed by atoms with E-state index in [-0.39, 0.29) is 5.41 Å². The van der Waals surface area contributed by atoms with Crippen LogP contribution in [0.2, 0.25) is 0 Å². The van der Waals surface area contributed by atoms with E-state index in [2.05, 4.69) is 35.7 Å². The van der Waals surface area contributed by atoms with E-state index in [4.69, 9.17) is 28.1 Å². The lowest BCUT2D eigenvalue weighted by atomic mass is 9.91. The van der Waals surface area contributed by atoms with E-state index in [1.807, 2.05) is 306 Å². The van der Waals surface area contributed by atoms with Gasteiger partial charge in [0, 0.05) is 445 Å². The Morgan fingerprint density at radius 2 is 0.687 bits per heavy atom. The van der Waals surface area contributed by atoms with Crippen LogP contribution in [-0.4, -0.2) is 15.0 Å². The highest BCUT2D eigenvalue weighted by Gasteiger charge is 2.18. The zero-order valence-corrected chi connectivity index (χ0v) is 69.5. The van der Waals surface area contributed by atoms with E-state index in [0.29, 0.717) is 5.69 Å². The quantitative estimate of drug-likeness (QED) is 0.392. The van der Waals surface area contributed by atoms with Crippen molar-refractivity contribution in [2.24, 2.45) is 0 Å². The number of nitrogen functional groups attached to an aromatic ring is 1. The van der Waals surface area contributed by atoms with E-state index in [1.165, 1.54) is 17.8 Å². The summed E-state index contributed by atoms with van der Waals surface area (Å²) >= 11 is 9.62. The summed E-state index contributed by atoms with van der Waals surface area (Å²) < 4.78 is 0. The molecular weight excluding hydrogens is 1760 g/mol. The molecule has 0 aliphatic rings. The molecule has 51 heteroatoms. The predicted molar refractivity (Wildman–Crippen MR) is 429 cm³/mol. The molecule has 67 heavy (non-hydrogen) atoms. The summed E-state index contributed by atoms with van der Waals surface area (Å²) in [5, 5.41) is 0. The number of nitrogens with one attached hydrogen (secondary N) is 1. The van der Waals surface area contributed by atoms with Crippen molar-refractivity contribution in [2.75, 3.05) is 5.73 Å². The van der Waals surface area contributed by atoms with Gasteiger partial charge >= 0.3 is 0 Å². The maximum absolute atomic E-state index is 6.17. The van der Waals surface area contributed by atoms with Crippen LogP contribution in [0.4, 0.5) is 5.69 Å². The average molecular weight is 1770 g/mol.